The molecule has 2 aromatic rings. The van der Waals surface area contributed by atoms with Crippen LogP contribution < -0.4 is 4.74 Å². The highest BCUT2D eigenvalue weighted by molar-refractivity contribution is 5.65. The summed E-state index contributed by atoms with van der Waals surface area (Å²) in [7, 11) is 0. The maximum atomic E-state index is 14.3. The number of alkyl halides is 3. The van der Waals surface area contributed by atoms with E-state index in [2.05, 4.69) is 11.7 Å². The first kappa shape index (κ1) is 27.9. The Labute approximate surface area is 217 Å². The largest absolute Gasteiger partial charge is 0.478 e. The van der Waals surface area contributed by atoms with Gasteiger partial charge in [0.05, 0.1) is 0 Å². The second-order valence-electron chi connectivity index (χ2n) is 11.2. The molecule has 4 unspecified atom stereocenters. The Morgan fingerprint density at radius 2 is 1.43 bits per heavy atom. The van der Waals surface area contributed by atoms with Crippen LogP contribution in [0.1, 0.15) is 95.5 Å². The second kappa shape index (κ2) is 12.6. The number of ether oxygens (including phenoxy) is 1. The highest BCUT2D eigenvalue weighted by atomic mass is 19.4. The monoisotopic (exact) mass is 522 g/mol. The molecule has 6 heteroatoms. The van der Waals surface area contributed by atoms with E-state index in [-0.39, 0.29) is 5.56 Å². The van der Waals surface area contributed by atoms with Crippen LogP contribution in [0, 0.1) is 29.4 Å². The highest BCUT2D eigenvalue weighted by Gasteiger charge is 2.36. The summed E-state index contributed by atoms with van der Waals surface area (Å²) in [5, 5.41) is 0. The lowest BCUT2D eigenvalue weighted by atomic mass is 9.63. The number of unbranched alkanes of at least 4 members (excludes halogenated alkanes) is 4. The molecule has 2 saturated carbocycles. The van der Waals surface area contributed by atoms with Crippen LogP contribution in [0.3, 0.4) is 0 Å². The molecule has 4 atom stereocenters. The van der Waals surface area contributed by atoms with Crippen molar-refractivity contribution >= 4 is 0 Å². The van der Waals surface area contributed by atoms with Crippen molar-refractivity contribution in [1.82, 2.24) is 0 Å². The molecule has 0 amide bonds. The minimum atomic E-state index is -4.67. The summed E-state index contributed by atoms with van der Waals surface area (Å²) in [5.41, 5.74) is 2.15. The molecule has 204 valence electrons. The van der Waals surface area contributed by atoms with Crippen LogP contribution in [0.5, 0.6) is 5.75 Å². The Kier molecular flexibility index (Phi) is 9.52. The minimum Gasteiger partial charge on any atom is -0.478 e. The molecular weight excluding hydrogens is 483 g/mol. The van der Waals surface area contributed by atoms with Crippen LogP contribution in [-0.2, 0) is 0 Å². The van der Waals surface area contributed by atoms with Crippen molar-refractivity contribution in [2.45, 2.75) is 96.1 Å². The first-order valence-corrected chi connectivity index (χ1v) is 14.0. The van der Waals surface area contributed by atoms with Gasteiger partial charge in [-0.15, -0.1) is 0 Å². The number of fused-ring (bicyclic) bond motifs is 1. The van der Waals surface area contributed by atoms with Crippen molar-refractivity contribution in [1.29, 1.82) is 0 Å². The van der Waals surface area contributed by atoms with E-state index in [9.17, 15) is 22.0 Å². The highest BCUT2D eigenvalue weighted by Crippen LogP contribution is 2.48. The van der Waals surface area contributed by atoms with Crippen molar-refractivity contribution in [3.05, 3.63) is 53.6 Å². The molecular formula is C31H39F5O. The number of hydrogen-bond acceptors (Lipinski definition) is 1. The van der Waals surface area contributed by atoms with Crippen LogP contribution in [0.25, 0.3) is 11.1 Å². The maximum Gasteiger partial charge on any atom is 0.422 e. The van der Waals surface area contributed by atoms with Gasteiger partial charge in [0.2, 0.25) is 0 Å². The lowest BCUT2D eigenvalue weighted by Gasteiger charge is -2.42. The third kappa shape index (κ3) is 7.70. The van der Waals surface area contributed by atoms with E-state index < -0.39 is 30.2 Å². The Hall–Kier alpha value is -2.11. The fraction of sp³-hybridized carbons (Fsp3) is 0.613. The third-order valence-electron chi connectivity index (χ3n) is 8.53. The molecule has 2 aliphatic carbocycles. The van der Waals surface area contributed by atoms with E-state index >= 15 is 0 Å². The molecule has 0 spiro atoms. The van der Waals surface area contributed by atoms with Gasteiger partial charge in [-0.25, -0.2) is 8.78 Å². The number of rotatable bonds is 10. The average molecular weight is 523 g/mol. The van der Waals surface area contributed by atoms with Gasteiger partial charge < -0.3 is 4.74 Å². The number of halogens is 5. The van der Waals surface area contributed by atoms with Crippen molar-refractivity contribution in [2.75, 3.05) is 6.61 Å². The Bertz CT molecular complexity index is 977. The summed E-state index contributed by atoms with van der Waals surface area (Å²) >= 11 is 0. The zero-order valence-electron chi connectivity index (χ0n) is 21.8. The fourth-order valence-electron chi connectivity index (χ4n) is 6.55. The molecule has 2 fully saturated rings. The van der Waals surface area contributed by atoms with Gasteiger partial charge in [0.25, 0.3) is 0 Å². The summed E-state index contributed by atoms with van der Waals surface area (Å²) < 4.78 is 70.0. The van der Waals surface area contributed by atoms with Gasteiger partial charge in [-0.2, -0.15) is 13.2 Å². The summed E-state index contributed by atoms with van der Waals surface area (Å²) in [5.74, 6) is -0.217. The zero-order chi connectivity index (χ0) is 26.4. The molecule has 0 saturated heterocycles. The summed E-state index contributed by atoms with van der Waals surface area (Å²) in [6.45, 7) is 0.522. The van der Waals surface area contributed by atoms with Crippen LogP contribution >= 0.6 is 0 Å². The van der Waals surface area contributed by atoms with Crippen LogP contribution in [0.15, 0.2) is 36.4 Å². The molecule has 0 radical (unpaired) electrons. The van der Waals surface area contributed by atoms with Gasteiger partial charge in [-0.3, -0.25) is 0 Å². The molecule has 0 heterocycles. The lowest BCUT2D eigenvalue weighted by Crippen LogP contribution is -2.30. The summed E-state index contributed by atoms with van der Waals surface area (Å²) in [6, 6.07) is 9.81. The maximum absolute atomic E-state index is 14.3. The van der Waals surface area contributed by atoms with Gasteiger partial charge in [0.1, 0.15) is 0 Å². The Morgan fingerprint density at radius 1 is 0.784 bits per heavy atom. The number of benzene rings is 2. The predicted molar refractivity (Wildman–Crippen MR) is 138 cm³/mol. The first-order valence-electron chi connectivity index (χ1n) is 14.0. The molecule has 1 nitrogen and oxygen atoms in total. The van der Waals surface area contributed by atoms with E-state index in [0.29, 0.717) is 11.5 Å². The summed E-state index contributed by atoms with van der Waals surface area (Å²) in [4.78, 5) is 0. The molecule has 0 N–H and O–H groups in total. The van der Waals surface area contributed by atoms with Crippen LogP contribution in [0.4, 0.5) is 22.0 Å². The van der Waals surface area contributed by atoms with E-state index in [1.165, 1.54) is 82.6 Å². The normalized spacial score (nSPS) is 24.1. The zero-order valence-corrected chi connectivity index (χ0v) is 21.8. The van der Waals surface area contributed by atoms with Crippen molar-refractivity contribution < 1.29 is 26.7 Å². The Morgan fingerprint density at radius 3 is 2.11 bits per heavy atom. The topological polar surface area (TPSA) is 9.23 Å². The fourth-order valence-corrected chi connectivity index (χ4v) is 6.55. The first-order chi connectivity index (χ1) is 17.7. The van der Waals surface area contributed by atoms with E-state index in [0.717, 1.165) is 29.9 Å². The van der Waals surface area contributed by atoms with Gasteiger partial charge in [0.15, 0.2) is 24.0 Å². The molecule has 0 bridgehead atoms. The quantitative estimate of drug-likeness (QED) is 0.223. The van der Waals surface area contributed by atoms with Gasteiger partial charge in [0, 0.05) is 0 Å². The lowest BCUT2D eigenvalue weighted by molar-refractivity contribution is -0.154. The van der Waals surface area contributed by atoms with Gasteiger partial charge in [-0.1, -0.05) is 76.1 Å². The third-order valence-corrected chi connectivity index (χ3v) is 8.53. The van der Waals surface area contributed by atoms with Crippen LogP contribution in [-0.4, -0.2) is 12.8 Å². The molecule has 0 aromatic heterocycles. The Balaban J connectivity index is 1.31. The second-order valence-corrected chi connectivity index (χ2v) is 11.2. The minimum absolute atomic E-state index is 0.276. The average Bonchev–Trinajstić information content (AvgIpc) is 2.87. The van der Waals surface area contributed by atoms with E-state index in [4.69, 9.17) is 0 Å². The van der Waals surface area contributed by atoms with Crippen molar-refractivity contribution in [3.8, 4) is 16.9 Å². The van der Waals surface area contributed by atoms with Crippen molar-refractivity contribution in [2.24, 2.45) is 17.8 Å². The molecule has 4 rings (SSSR count). The van der Waals surface area contributed by atoms with Crippen LogP contribution in [0.2, 0.25) is 0 Å². The molecule has 37 heavy (non-hydrogen) atoms. The van der Waals surface area contributed by atoms with E-state index in [1.807, 2.05) is 24.3 Å². The SMILES string of the molecule is CCCCCCCC1CCC2CC(c3ccc(-c4cc(F)c(OCC(F)(F)F)c(F)c4)cc3)CCC2C1. The smallest absolute Gasteiger partial charge is 0.422 e. The van der Waals surface area contributed by atoms with Crippen molar-refractivity contribution in [3.63, 3.8) is 0 Å². The van der Waals surface area contributed by atoms with Gasteiger partial charge in [-0.05, 0) is 84.6 Å². The predicted octanol–water partition coefficient (Wildman–Crippen LogP) is 10.2. The molecule has 0 aliphatic heterocycles. The standard InChI is InChI=1S/C31H39F5O/c1-2-3-4-5-6-7-21-8-9-26-17-25(15-14-24(26)16-21)22-10-12-23(13-11-22)27-18-28(32)30(29(33)19-27)37-20-31(34,35)36/h10-13,18-19,21,24-26H,2-9,14-17,20H2,1H3. The summed E-state index contributed by atoms with van der Waals surface area (Å²) in [6.07, 6.45) is 11.3. The molecule has 2 aromatic carbocycles. The molecule has 2 aliphatic rings. The van der Waals surface area contributed by atoms with Gasteiger partial charge >= 0.3 is 6.18 Å². The van der Waals surface area contributed by atoms with E-state index in [1.54, 1.807) is 0 Å². The number of hydrogen-bond donors (Lipinski definition) is 0.